The van der Waals surface area contributed by atoms with Crippen molar-refractivity contribution in [1.29, 1.82) is 0 Å². The molecule has 2 aromatic carbocycles. The van der Waals surface area contributed by atoms with Crippen LogP contribution in [0.4, 0.5) is 0 Å². The second kappa shape index (κ2) is 4.93. The molecule has 20 heavy (non-hydrogen) atoms. The van der Waals surface area contributed by atoms with Gasteiger partial charge in [-0.3, -0.25) is 0 Å². The fraction of sp³-hybridized carbons (Fsp3) is 0.0769. The zero-order chi connectivity index (χ0) is 14.9. The molecule has 0 bridgehead atoms. The maximum atomic E-state index is 11.8. The molecule has 0 spiro atoms. The van der Waals surface area contributed by atoms with E-state index in [0.29, 0.717) is 10.8 Å². The maximum absolute atomic E-state index is 11.8. The van der Waals surface area contributed by atoms with Crippen molar-refractivity contribution in [1.82, 2.24) is 0 Å². The average molecular weight is 294 g/mol. The number of carboxylic acids is 1. The minimum absolute atomic E-state index is 0.0601. The van der Waals surface area contributed by atoms with Gasteiger partial charge in [0, 0.05) is 0 Å². The lowest BCUT2D eigenvalue weighted by Gasteiger charge is -2.06. The van der Waals surface area contributed by atoms with Gasteiger partial charge in [0.15, 0.2) is 0 Å². The Balaban J connectivity index is 2.55. The molecule has 0 heterocycles. The predicted molar refractivity (Wildman–Crippen MR) is 71.2 cm³/mol. The third kappa shape index (κ3) is 2.94. The number of hydrogen-bond donors (Lipinski definition) is 1. The Kier molecular flexibility index (Phi) is 3.46. The summed E-state index contributed by atoms with van der Waals surface area (Å²) in [4.78, 5) is 22.7. The monoisotopic (exact) mass is 294 g/mol. The minimum atomic E-state index is -3.91. The van der Waals surface area contributed by atoms with Crippen LogP contribution in [-0.2, 0) is 14.3 Å². The standard InChI is InChI=1S/C13H10O6S/c1-20(17,18)19-13(16)11-4-2-3-8-7-9(12(14)15)5-6-10(8)11/h2-7H,1H3,(H,14,15). The summed E-state index contributed by atoms with van der Waals surface area (Å²) in [7, 11) is -3.91. The maximum Gasteiger partial charge on any atom is 0.354 e. The van der Waals surface area contributed by atoms with Crippen LogP contribution in [0.3, 0.4) is 0 Å². The molecule has 0 aromatic heterocycles. The Morgan fingerprint density at radius 3 is 2.45 bits per heavy atom. The van der Waals surface area contributed by atoms with Crippen molar-refractivity contribution in [2.24, 2.45) is 0 Å². The molecular weight excluding hydrogens is 284 g/mol. The van der Waals surface area contributed by atoms with E-state index in [9.17, 15) is 18.0 Å². The summed E-state index contributed by atoms with van der Waals surface area (Å²) >= 11 is 0. The van der Waals surface area contributed by atoms with E-state index in [1.807, 2.05) is 0 Å². The molecule has 0 saturated carbocycles. The molecule has 0 aliphatic rings. The highest BCUT2D eigenvalue weighted by atomic mass is 32.2. The van der Waals surface area contributed by atoms with Gasteiger partial charge in [-0.1, -0.05) is 18.2 Å². The van der Waals surface area contributed by atoms with E-state index in [4.69, 9.17) is 5.11 Å². The number of benzene rings is 2. The van der Waals surface area contributed by atoms with Crippen molar-refractivity contribution in [2.45, 2.75) is 0 Å². The van der Waals surface area contributed by atoms with Crippen LogP contribution in [0.15, 0.2) is 36.4 Å². The first-order valence-electron chi connectivity index (χ1n) is 5.48. The molecular formula is C13H10O6S. The van der Waals surface area contributed by atoms with Gasteiger partial charge in [-0.05, 0) is 29.0 Å². The molecule has 2 rings (SSSR count). The lowest BCUT2D eigenvalue weighted by molar-refractivity contribution is 0.0695. The fourth-order valence-electron chi connectivity index (χ4n) is 1.78. The third-order valence-electron chi connectivity index (χ3n) is 2.57. The molecule has 0 aliphatic carbocycles. The second-order valence-corrected chi connectivity index (χ2v) is 5.70. The summed E-state index contributed by atoms with van der Waals surface area (Å²) in [6, 6.07) is 8.73. The first-order valence-corrected chi connectivity index (χ1v) is 7.29. The van der Waals surface area contributed by atoms with Crippen molar-refractivity contribution in [2.75, 3.05) is 6.26 Å². The summed E-state index contributed by atoms with van der Waals surface area (Å²) < 4.78 is 26.3. The highest BCUT2D eigenvalue weighted by molar-refractivity contribution is 7.86. The third-order valence-corrected chi connectivity index (χ3v) is 3.03. The lowest BCUT2D eigenvalue weighted by Crippen LogP contribution is -2.11. The van der Waals surface area contributed by atoms with E-state index in [0.717, 1.165) is 6.26 Å². The predicted octanol–water partition coefficient (Wildman–Crippen LogP) is 1.65. The van der Waals surface area contributed by atoms with E-state index in [1.54, 1.807) is 6.07 Å². The summed E-state index contributed by atoms with van der Waals surface area (Å²) in [6.07, 6.45) is 0.776. The van der Waals surface area contributed by atoms with Crippen LogP contribution in [0.5, 0.6) is 0 Å². The van der Waals surface area contributed by atoms with Crippen LogP contribution in [-0.4, -0.2) is 31.7 Å². The van der Waals surface area contributed by atoms with Gasteiger partial charge < -0.3 is 9.29 Å². The topological polar surface area (TPSA) is 97.7 Å². The molecule has 0 aliphatic heterocycles. The number of carbonyl (C=O) groups excluding carboxylic acids is 1. The molecule has 0 radical (unpaired) electrons. The first-order chi connectivity index (χ1) is 9.28. The van der Waals surface area contributed by atoms with Crippen LogP contribution in [0.1, 0.15) is 20.7 Å². The highest BCUT2D eigenvalue weighted by Crippen LogP contribution is 2.21. The van der Waals surface area contributed by atoms with Crippen molar-refractivity contribution in [3.05, 3.63) is 47.5 Å². The Morgan fingerprint density at radius 1 is 1.15 bits per heavy atom. The SMILES string of the molecule is CS(=O)(=O)OC(=O)c1cccc2cc(C(=O)O)ccc12. The molecule has 0 atom stereocenters. The fourth-order valence-corrected chi connectivity index (χ4v) is 2.14. The Morgan fingerprint density at radius 2 is 1.85 bits per heavy atom. The van der Waals surface area contributed by atoms with Crippen molar-refractivity contribution >= 4 is 32.8 Å². The molecule has 7 heteroatoms. The van der Waals surface area contributed by atoms with E-state index in [1.165, 1.54) is 30.3 Å². The van der Waals surface area contributed by atoms with E-state index >= 15 is 0 Å². The number of aromatic carboxylic acids is 1. The smallest absolute Gasteiger partial charge is 0.354 e. The molecule has 0 saturated heterocycles. The molecule has 0 unspecified atom stereocenters. The van der Waals surface area contributed by atoms with Crippen LogP contribution in [0.2, 0.25) is 0 Å². The molecule has 2 aromatic rings. The number of carbonyl (C=O) groups is 2. The summed E-state index contributed by atoms with van der Waals surface area (Å²) in [5.41, 5.74) is 0.135. The van der Waals surface area contributed by atoms with E-state index < -0.39 is 22.1 Å². The van der Waals surface area contributed by atoms with Gasteiger partial charge in [-0.15, -0.1) is 0 Å². The van der Waals surface area contributed by atoms with Crippen molar-refractivity contribution in [3.8, 4) is 0 Å². The Labute approximate surface area is 114 Å². The molecule has 1 N–H and O–H groups in total. The summed E-state index contributed by atoms with van der Waals surface area (Å²) in [5, 5.41) is 9.83. The number of fused-ring (bicyclic) bond motifs is 1. The van der Waals surface area contributed by atoms with Gasteiger partial charge in [-0.2, -0.15) is 8.42 Å². The van der Waals surface area contributed by atoms with Crippen LogP contribution < -0.4 is 0 Å². The van der Waals surface area contributed by atoms with Gasteiger partial charge in [0.2, 0.25) is 0 Å². The number of hydrogen-bond acceptors (Lipinski definition) is 5. The Bertz CT molecular complexity index is 807. The highest BCUT2D eigenvalue weighted by Gasteiger charge is 2.17. The van der Waals surface area contributed by atoms with Crippen molar-refractivity contribution in [3.63, 3.8) is 0 Å². The lowest BCUT2D eigenvalue weighted by atomic mass is 10.0. The number of rotatable bonds is 3. The largest absolute Gasteiger partial charge is 0.478 e. The second-order valence-electron chi connectivity index (χ2n) is 4.12. The van der Waals surface area contributed by atoms with Gasteiger partial charge >= 0.3 is 22.1 Å². The summed E-state index contributed by atoms with van der Waals surface area (Å²) in [6.45, 7) is 0. The average Bonchev–Trinajstić information content (AvgIpc) is 2.35. The van der Waals surface area contributed by atoms with E-state index in [-0.39, 0.29) is 11.1 Å². The summed E-state index contributed by atoms with van der Waals surface area (Å²) in [5.74, 6) is -2.09. The molecule has 0 fully saturated rings. The zero-order valence-corrected chi connectivity index (χ0v) is 11.2. The zero-order valence-electron chi connectivity index (χ0n) is 10.4. The number of carboxylic acid groups (broad SMARTS) is 1. The molecule has 6 nitrogen and oxygen atoms in total. The minimum Gasteiger partial charge on any atom is -0.478 e. The van der Waals surface area contributed by atoms with Gasteiger partial charge in [-0.25, -0.2) is 9.59 Å². The van der Waals surface area contributed by atoms with E-state index in [2.05, 4.69) is 4.18 Å². The van der Waals surface area contributed by atoms with Crippen molar-refractivity contribution < 1.29 is 27.3 Å². The molecule has 104 valence electrons. The van der Waals surface area contributed by atoms with Gasteiger partial charge in [0.1, 0.15) is 0 Å². The van der Waals surface area contributed by atoms with Gasteiger partial charge in [0.25, 0.3) is 0 Å². The van der Waals surface area contributed by atoms with Crippen LogP contribution in [0, 0.1) is 0 Å². The molecule has 0 amide bonds. The van der Waals surface area contributed by atoms with Crippen LogP contribution >= 0.6 is 0 Å². The Hall–Kier alpha value is -2.41. The normalized spacial score (nSPS) is 11.2. The first kappa shape index (κ1) is 14.0. The quantitative estimate of drug-likeness (QED) is 0.864. The van der Waals surface area contributed by atoms with Gasteiger partial charge in [0.05, 0.1) is 17.4 Å². The van der Waals surface area contributed by atoms with Crippen LogP contribution in [0.25, 0.3) is 10.8 Å².